The number of hydrogen-bond acceptors (Lipinski definition) is 3. The quantitative estimate of drug-likeness (QED) is 0.824. The van der Waals surface area contributed by atoms with Crippen molar-refractivity contribution in [3.63, 3.8) is 0 Å². The Morgan fingerprint density at radius 2 is 2.40 bits per heavy atom. The summed E-state index contributed by atoms with van der Waals surface area (Å²) in [7, 11) is 1.85. The van der Waals surface area contributed by atoms with Gasteiger partial charge in [-0.15, -0.1) is 0 Å². The van der Waals surface area contributed by atoms with Gasteiger partial charge in [-0.05, 0) is 0 Å². The van der Waals surface area contributed by atoms with Crippen molar-refractivity contribution in [2.45, 2.75) is 6.54 Å². The average Bonchev–Trinajstić information content (AvgIpc) is 2.40. The predicted molar refractivity (Wildman–Crippen MR) is 54.6 cm³/mol. The highest BCUT2D eigenvalue weighted by Gasteiger charge is 2.32. The van der Waals surface area contributed by atoms with Crippen LogP contribution in [-0.2, 0) is 18.4 Å². The third kappa shape index (κ3) is 1.98. The molecule has 1 N–H and O–H groups in total. The van der Waals surface area contributed by atoms with Gasteiger partial charge in [0.25, 0.3) is 0 Å². The predicted octanol–water partition coefficient (Wildman–Crippen LogP) is 0.590. The van der Waals surface area contributed by atoms with E-state index in [1.807, 2.05) is 11.9 Å². The Balaban J connectivity index is 1.90. The Bertz CT molecular complexity index is 385. The van der Waals surface area contributed by atoms with Gasteiger partial charge in [-0.2, -0.15) is 0 Å². The number of aromatic nitrogens is 2. The molecule has 1 aliphatic rings. The Hall–Kier alpha value is -1.07. The van der Waals surface area contributed by atoms with Crippen molar-refractivity contribution >= 4 is 17.6 Å². The van der Waals surface area contributed by atoms with E-state index < -0.39 is 5.97 Å². The topological polar surface area (TPSA) is 58.4 Å². The van der Waals surface area contributed by atoms with Gasteiger partial charge in [-0.25, -0.2) is 4.98 Å². The third-order valence-electron chi connectivity index (χ3n) is 2.70. The largest absolute Gasteiger partial charge is 0.481 e. The first-order chi connectivity index (χ1) is 7.08. The first-order valence-corrected chi connectivity index (χ1v) is 5.07. The molecule has 2 rings (SSSR count). The SMILES string of the molecule is Cn1c(Cl)cnc1CN1CC(C(=O)O)C1. The molecule has 0 bridgehead atoms. The Labute approximate surface area is 92.3 Å². The van der Waals surface area contributed by atoms with E-state index in [1.54, 1.807) is 10.8 Å². The zero-order valence-electron chi connectivity index (χ0n) is 8.35. The highest BCUT2D eigenvalue weighted by atomic mass is 35.5. The number of rotatable bonds is 3. The summed E-state index contributed by atoms with van der Waals surface area (Å²) < 4.78 is 1.80. The van der Waals surface area contributed by atoms with Gasteiger partial charge in [0.15, 0.2) is 0 Å². The minimum absolute atomic E-state index is 0.222. The lowest BCUT2D eigenvalue weighted by atomic mass is 10.0. The number of carbonyl (C=O) groups is 1. The number of nitrogens with zero attached hydrogens (tertiary/aromatic N) is 3. The maximum Gasteiger partial charge on any atom is 0.309 e. The molecule has 1 saturated heterocycles. The summed E-state index contributed by atoms with van der Waals surface area (Å²) in [6.45, 7) is 1.85. The van der Waals surface area contributed by atoms with E-state index in [-0.39, 0.29) is 5.92 Å². The van der Waals surface area contributed by atoms with Crippen LogP contribution in [0.2, 0.25) is 5.15 Å². The second-order valence-electron chi connectivity index (χ2n) is 3.79. The second kappa shape index (κ2) is 3.83. The Morgan fingerprint density at radius 3 is 2.87 bits per heavy atom. The molecular weight excluding hydrogens is 218 g/mol. The number of likely N-dealkylation sites (tertiary alicyclic amines) is 1. The summed E-state index contributed by atoms with van der Waals surface area (Å²) in [6, 6.07) is 0. The molecule has 0 unspecified atom stereocenters. The molecule has 15 heavy (non-hydrogen) atoms. The van der Waals surface area contributed by atoms with Crippen molar-refractivity contribution in [3.05, 3.63) is 17.2 Å². The van der Waals surface area contributed by atoms with Crippen LogP contribution in [-0.4, -0.2) is 38.6 Å². The lowest BCUT2D eigenvalue weighted by Gasteiger charge is -2.36. The summed E-state index contributed by atoms with van der Waals surface area (Å²) in [4.78, 5) is 16.8. The molecule has 0 atom stereocenters. The monoisotopic (exact) mass is 229 g/mol. The minimum Gasteiger partial charge on any atom is -0.481 e. The maximum absolute atomic E-state index is 10.6. The van der Waals surface area contributed by atoms with E-state index in [0.717, 1.165) is 5.82 Å². The summed E-state index contributed by atoms with van der Waals surface area (Å²) in [5.74, 6) is -0.0753. The van der Waals surface area contributed by atoms with Crippen molar-refractivity contribution in [2.24, 2.45) is 13.0 Å². The van der Waals surface area contributed by atoms with Gasteiger partial charge in [0.2, 0.25) is 0 Å². The van der Waals surface area contributed by atoms with Gasteiger partial charge in [-0.3, -0.25) is 9.69 Å². The highest BCUT2D eigenvalue weighted by Crippen LogP contribution is 2.19. The molecule has 0 saturated carbocycles. The van der Waals surface area contributed by atoms with Crippen LogP contribution < -0.4 is 0 Å². The van der Waals surface area contributed by atoms with Gasteiger partial charge in [0.1, 0.15) is 11.0 Å². The van der Waals surface area contributed by atoms with Crippen molar-refractivity contribution in [3.8, 4) is 0 Å². The van der Waals surface area contributed by atoms with Gasteiger partial charge in [-0.1, -0.05) is 11.6 Å². The van der Waals surface area contributed by atoms with E-state index >= 15 is 0 Å². The number of carboxylic acids is 1. The van der Waals surface area contributed by atoms with E-state index in [9.17, 15) is 4.79 Å². The molecule has 6 heteroatoms. The summed E-state index contributed by atoms with van der Waals surface area (Å²) >= 11 is 5.84. The molecule has 1 aromatic rings. The van der Waals surface area contributed by atoms with Crippen molar-refractivity contribution in [1.82, 2.24) is 14.5 Å². The molecule has 0 radical (unpaired) electrons. The van der Waals surface area contributed by atoms with Crippen LogP contribution in [0.4, 0.5) is 0 Å². The highest BCUT2D eigenvalue weighted by molar-refractivity contribution is 6.29. The van der Waals surface area contributed by atoms with Gasteiger partial charge in [0, 0.05) is 20.1 Å². The van der Waals surface area contributed by atoms with Crippen LogP contribution in [0.5, 0.6) is 0 Å². The standard InChI is InChI=1S/C9H12ClN3O2/c1-12-7(10)2-11-8(12)5-13-3-6(4-13)9(14)15/h2,6H,3-5H2,1H3,(H,14,15). The van der Waals surface area contributed by atoms with Crippen LogP contribution in [0.25, 0.3) is 0 Å². The van der Waals surface area contributed by atoms with E-state index in [1.165, 1.54) is 0 Å². The summed E-state index contributed by atoms with van der Waals surface area (Å²) in [5, 5.41) is 9.30. The zero-order chi connectivity index (χ0) is 11.0. The minimum atomic E-state index is -0.718. The number of aliphatic carboxylic acids is 1. The van der Waals surface area contributed by atoms with E-state index in [4.69, 9.17) is 16.7 Å². The molecule has 5 nitrogen and oxygen atoms in total. The fraction of sp³-hybridized carbons (Fsp3) is 0.556. The van der Waals surface area contributed by atoms with Crippen LogP contribution in [0.1, 0.15) is 5.82 Å². The fourth-order valence-electron chi connectivity index (χ4n) is 1.63. The molecule has 0 spiro atoms. The second-order valence-corrected chi connectivity index (χ2v) is 4.17. The third-order valence-corrected chi connectivity index (χ3v) is 3.05. The molecule has 1 aliphatic heterocycles. The fourth-order valence-corrected chi connectivity index (χ4v) is 1.77. The smallest absolute Gasteiger partial charge is 0.309 e. The van der Waals surface area contributed by atoms with Crippen molar-refractivity contribution in [1.29, 1.82) is 0 Å². The number of hydrogen-bond donors (Lipinski definition) is 1. The van der Waals surface area contributed by atoms with Crippen LogP contribution >= 0.6 is 11.6 Å². The summed E-state index contributed by atoms with van der Waals surface area (Å²) in [5.41, 5.74) is 0. The summed E-state index contributed by atoms with van der Waals surface area (Å²) in [6.07, 6.45) is 1.60. The van der Waals surface area contributed by atoms with E-state index in [0.29, 0.717) is 24.8 Å². The Morgan fingerprint density at radius 1 is 1.73 bits per heavy atom. The molecule has 0 aliphatic carbocycles. The van der Waals surface area contributed by atoms with Crippen molar-refractivity contribution < 1.29 is 9.90 Å². The molecule has 2 heterocycles. The van der Waals surface area contributed by atoms with Gasteiger partial charge >= 0.3 is 5.97 Å². The lowest BCUT2D eigenvalue weighted by Crippen LogP contribution is -2.49. The molecule has 0 amide bonds. The number of imidazole rings is 1. The molecule has 0 aromatic carbocycles. The number of carboxylic acid groups (broad SMARTS) is 1. The zero-order valence-corrected chi connectivity index (χ0v) is 9.11. The number of halogens is 1. The molecular formula is C9H12ClN3O2. The van der Waals surface area contributed by atoms with Gasteiger partial charge in [0.05, 0.1) is 18.7 Å². The van der Waals surface area contributed by atoms with Crippen molar-refractivity contribution in [2.75, 3.05) is 13.1 Å². The maximum atomic E-state index is 10.6. The van der Waals surface area contributed by atoms with Gasteiger partial charge < -0.3 is 9.67 Å². The first-order valence-electron chi connectivity index (χ1n) is 4.69. The van der Waals surface area contributed by atoms with Crippen LogP contribution in [0.15, 0.2) is 6.20 Å². The Kier molecular flexibility index (Phi) is 2.67. The first kappa shape index (κ1) is 10.4. The van der Waals surface area contributed by atoms with Crippen LogP contribution in [0.3, 0.4) is 0 Å². The molecule has 1 aromatic heterocycles. The lowest BCUT2D eigenvalue weighted by molar-refractivity contribution is -0.147. The molecule has 82 valence electrons. The normalized spacial score (nSPS) is 17.7. The van der Waals surface area contributed by atoms with Crippen LogP contribution in [0, 0.1) is 5.92 Å². The molecule has 1 fully saturated rings. The average molecular weight is 230 g/mol. The van der Waals surface area contributed by atoms with E-state index in [2.05, 4.69) is 4.98 Å².